The van der Waals surface area contributed by atoms with Crippen molar-refractivity contribution in [3.8, 4) is 0 Å². The van der Waals surface area contributed by atoms with Crippen molar-refractivity contribution in [3.05, 3.63) is 0 Å². The lowest BCUT2D eigenvalue weighted by Crippen LogP contribution is -2.58. The molecule has 3 unspecified atom stereocenters. The highest BCUT2D eigenvalue weighted by Gasteiger charge is 2.47. The molecule has 0 spiro atoms. The van der Waals surface area contributed by atoms with E-state index in [4.69, 9.17) is 9.47 Å². The summed E-state index contributed by atoms with van der Waals surface area (Å²) in [5, 5.41) is 0. The third kappa shape index (κ3) is 5.47. The van der Waals surface area contributed by atoms with Gasteiger partial charge in [-0.2, -0.15) is 0 Å². The van der Waals surface area contributed by atoms with Gasteiger partial charge >= 0.3 is 0 Å². The number of likely N-dealkylation sites (tertiary alicyclic amines) is 2. The van der Waals surface area contributed by atoms with E-state index < -0.39 is 0 Å². The summed E-state index contributed by atoms with van der Waals surface area (Å²) in [5.74, 6) is 0. The maximum atomic E-state index is 6.48. The predicted molar refractivity (Wildman–Crippen MR) is 127 cm³/mol. The van der Waals surface area contributed by atoms with Gasteiger partial charge in [0.1, 0.15) is 0 Å². The average Bonchev–Trinajstić information content (AvgIpc) is 3.27. The van der Waals surface area contributed by atoms with Crippen LogP contribution < -0.4 is 0 Å². The Balaban J connectivity index is 1.31. The van der Waals surface area contributed by atoms with E-state index >= 15 is 0 Å². The average molecular weight is 437 g/mol. The monoisotopic (exact) mass is 436 g/mol. The number of hydrogen-bond donors (Lipinski definition) is 0. The highest BCUT2D eigenvalue weighted by molar-refractivity contribution is 5.04. The summed E-state index contributed by atoms with van der Waals surface area (Å²) < 4.78 is 12.6. The molecule has 4 heterocycles. The van der Waals surface area contributed by atoms with E-state index in [0.29, 0.717) is 30.4 Å². The first-order valence-electron chi connectivity index (χ1n) is 12.8. The summed E-state index contributed by atoms with van der Waals surface area (Å²) in [4.78, 5) is 10.6. The topological polar surface area (TPSA) is 31.4 Å². The molecule has 4 aliphatic heterocycles. The van der Waals surface area contributed by atoms with Crippen LogP contribution in [0, 0.1) is 0 Å². The Kier molecular flexibility index (Phi) is 7.37. The zero-order chi connectivity index (χ0) is 22.3. The Labute approximate surface area is 191 Å². The first kappa shape index (κ1) is 23.9. The number of nitrogens with zero attached hydrogens (tertiary/aromatic N) is 4. The van der Waals surface area contributed by atoms with E-state index in [1.807, 2.05) is 0 Å². The molecule has 0 radical (unpaired) electrons. The molecule has 0 aromatic carbocycles. The minimum Gasteiger partial charge on any atom is -0.375 e. The smallest absolute Gasteiger partial charge is 0.0723 e. The maximum Gasteiger partial charge on any atom is 0.0723 e. The highest BCUT2D eigenvalue weighted by Crippen LogP contribution is 2.37. The minimum atomic E-state index is 0.196. The highest BCUT2D eigenvalue weighted by atomic mass is 16.5. The Hall–Kier alpha value is -0.240. The number of hydrogen-bond acceptors (Lipinski definition) is 6. The zero-order valence-corrected chi connectivity index (χ0v) is 21.2. The molecular weight excluding hydrogens is 388 g/mol. The van der Waals surface area contributed by atoms with Crippen LogP contribution in [0.25, 0.3) is 0 Å². The molecule has 31 heavy (non-hydrogen) atoms. The second-order valence-electron chi connectivity index (χ2n) is 11.8. The summed E-state index contributed by atoms with van der Waals surface area (Å²) in [6, 6.07) is 2.63. The molecule has 4 rings (SSSR count). The minimum absolute atomic E-state index is 0.196. The molecule has 6 atom stereocenters. The van der Waals surface area contributed by atoms with Gasteiger partial charge in [0.05, 0.1) is 24.9 Å². The van der Waals surface area contributed by atoms with Gasteiger partial charge in [-0.25, -0.2) is 0 Å². The van der Waals surface area contributed by atoms with Crippen molar-refractivity contribution >= 4 is 0 Å². The fraction of sp³-hybridized carbons (Fsp3) is 1.00. The van der Waals surface area contributed by atoms with Crippen LogP contribution in [0.2, 0.25) is 0 Å². The molecule has 0 amide bonds. The number of rotatable bonds is 7. The summed E-state index contributed by atoms with van der Waals surface area (Å²) >= 11 is 0. The van der Waals surface area contributed by atoms with Crippen LogP contribution in [-0.2, 0) is 9.47 Å². The van der Waals surface area contributed by atoms with E-state index in [1.54, 1.807) is 0 Å². The molecule has 4 aliphatic rings. The number of likely N-dealkylation sites (N-methyl/N-ethyl adjacent to an activating group) is 1. The number of ether oxygens (including phenoxy) is 2. The molecule has 6 heteroatoms. The molecule has 0 N–H and O–H groups in total. The van der Waals surface area contributed by atoms with Gasteiger partial charge in [0, 0.05) is 69.0 Å². The van der Waals surface area contributed by atoms with Crippen molar-refractivity contribution in [2.24, 2.45) is 0 Å². The van der Waals surface area contributed by atoms with E-state index in [2.05, 4.69) is 68.2 Å². The summed E-state index contributed by atoms with van der Waals surface area (Å²) in [5.41, 5.74) is 0.196. The number of piperazine rings is 1. The van der Waals surface area contributed by atoms with Crippen molar-refractivity contribution in [1.82, 2.24) is 19.6 Å². The first-order chi connectivity index (χ1) is 14.6. The molecule has 180 valence electrons. The van der Waals surface area contributed by atoms with Gasteiger partial charge in [-0.05, 0) is 67.9 Å². The first-order valence-corrected chi connectivity index (χ1v) is 12.8. The zero-order valence-electron chi connectivity index (χ0n) is 21.2. The van der Waals surface area contributed by atoms with Crippen LogP contribution in [0.5, 0.6) is 0 Å². The van der Waals surface area contributed by atoms with Crippen LogP contribution in [-0.4, -0.2) is 121 Å². The third-order valence-corrected chi connectivity index (χ3v) is 8.50. The molecule has 0 aliphatic carbocycles. The lowest BCUT2D eigenvalue weighted by molar-refractivity contribution is -0.115. The van der Waals surface area contributed by atoms with E-state index in [9.17, 15) is 0 Å². The van der Waals surface area contributed by atoms with Gasteiger partial charge in [-0.3, -0.25) is 14.7 Å². The molecule has 4 saturated heterocycles. The largest absolute Gasteiger partial charge is 0.375 e. The predicted octanol–water partition coefficient (Wildman–Crippen LogP) is 2.52. The second kappa shape index (κ2) is 9.55. The molecule has 2 bridgehead atoms. The van der Waals surface area contributed by atoms with Gasteiger partial charge in [0.15, 0.2) is 0 Å². The van der Waals surface area contributed by atoms with E-state index in [-0.39, 0.29) is 5.54 Å². The standard InChI is InChI=1S/C25H48N4O2/c1-18(2)27-8-9-30-23(16-27)10-19(3)28-13-20(4)31-24(17-28)12-25(5,6)29-15-21-11-22(29)14-26(21)7/h18-24H,8-17H2,1-7H3/t19-,20-,21?,22?,23?,24+/m0/s1. The molecule has 6 nitrogen and oxygen atoms in total. The molecule has 0 aromatic rings. The third-order valence-electron chi connectivity index (χ3n) is 8.50. The molecule has 4 fully saturated rings. The van der Waals surface area contributed by atoms with Crippen molar-refractivity contribution in [2.45, 2.75) is 109 Å². The van der Waals surface area contributed by atoms with Crippen molar-refractivity contribution < 1.29 is 9.47 Å². The quantitative estimate of drug-likeness (QED) is 0.610. The second-order valence-corrected chi connectivity index (χ2v) is 11.8. The molecular formula is C25H48N4O2. The lowest BCUT2D eigenvalue weighted by Gasteiger charge is -2.47. The SMILES string of the molecule is CC(C)N1CCOC(C[C@H](C)N2C[C@@H](CC(C)(C)N3CC4CC3CN4C)O[C@@H](C)C2)C1. The van der Waals surface area contributed by atoms with Gasteiger partial charge in [-0.15, -0.1) is 0 Å². The van der Waals surface area contributed by atoms with Crippen molar-refractivity contribution in [3.63, 3.8) is 0 Å². The van der Waals surface area contributed by atoms with Crippen molar-refractivity contribution in [1.29, 1.82) is 0 Å². The Morgan fingerprint density at radius 2 is 1.68 bits per heavy atom. The van der Waals surface area contributed by atoms with Crippen LogP contribution in [0.1, 0.15) is 60.8 Å². The Morgan fingerprint density at radius 3 is 2.32 bits per heavy atom. The lowest BCUT2D eigenvalue weighted by atomic mass is 9.91. The fourth-order valence-electron chi connectivity index (χ4n) is 6.72. The van der Waals surface area contributed by atoms with Gasteiger partial charge in [-0.1, -0.05) is 0 Å². The van der Waals surface area contributed by atoms with Crippen molar-refractivity contribution in [2.75, 3.05) is 52.9 Å². The number of fused-ring (bicyclic) bond motifs is 2. The summed E-state index contributed by atoms with van der Waals surface area (Å²) in [7, 11) is 2.29. The van der Waals surface area contributed by atoms with Crippen LogP contribution in [0.4, 0.5) is 0 Å². The number of morpholine rings is 2. The van der Waals surface area contributed by atoms with Crippen LogP contribution in [0.3, 0.4) is 0 Å². The Morgan fingerprint density at radius 1 is 0.935 bits per heavy atom. The van der Waals surface area contributed by atoms with Gasteiger partial charge in [0.25, 0.3) is 0 Å². The Bertz CT molecular complexity index is 598. The van der Waals surface area contributed by atoms with Crippen LogP contribution in [0.15, 0.2) is 0 Å². The summed E-state index contributed by atoms with van der Waals surface area (Å²) in [6.07, 6.45) is 4.56. The van der Waals surface area contributed by atoms with Gasteiger partial charge in [0.2, 0.25) is 0 Å². The molecule has 0 aromatic heterocycles. The maximum absolute atomic E-state index is 6.48. The molecule has 0 saturated carbocycles. The fourth-order valence-corrected chi connectivity index (χ4v) is 6.72. The van der Waals surface area contributed by atoms with E-state index in [1.165, 1.54) is 19.5 Å². The normalized spacial score (nSPS) is 37.7. The van der Waals surface area contributed by atoms with Gasteiger partial charge < -0.3 is 14.4 Å². The summed E-state index contributed by atoms with van der Waals surface area (Å²) in [6.45, 7) is 21.7. The van der Waals surface area contributed by atoms with E-state index in [0.717, 1.165) is 57.7 Å². The van der Waals surface area contributed by atoms with Crippen LogP contribution >= 0.6 is 0 Å².